The fourth-order valence-corrected chi connectivity index (χ4v) is 3.50. The summed E-state index contributed by atoms with van der Waals surface area (Å²) in [6.45, 7) is 1.19. The third kappa shape index (κ3) is 4.23. The zero-order chi connectivity index (χ0) is 14.6. The van der Waals surface area contributed by atoms with Crippen LogP contribution in [0, 0.1) is 0 Å². The molecule has 1 amide bonds. The maximum atomic E-state index is 12.0. The first-order chi connectivity index (χ1) is 9.48. The van der Waals surface area contributed by atoms with Crippen molar-refractivity contribution in [3.05, 3.63) is 35.4 Å². The van der Waals surface area contributed by atoms with Gasteiger partial charge < -0.3 is 15.3 Å². The molecule has 0 aliphatic carbocycles. The summed E-state index contributed by atoms with van der Waals surface area (Å²) in [7, 11) is 4.03. The van der Waals surface area contributed by atoms with E-state index in [-0.39, 0.29) is 5.91 Å². The van der Waals surface area contributed by atoms with Crippen molar-refractivity contribution < 1.29 is 9.90 Å². The molecule has 0 spiro atoms. The molecule has 1 aromatic rings. The Labute approximate surface area is 124 Å². The fraction of sp³-hybridized carbons (Fsp3) is 0.533. The maximum absolute atomic E-state index is 12.0. The quantitative estimate of drug-likeness (QED) is 0.861. The van der Waals surface area contributed by atoms with Crippen LogP contribution in [0.25, 0.3) is 0 Å². The molecule has 2 N–H and O–H groups in total. The number of carbonyl (C=O) groups is 1. The number of nitrogens with zero attached hydrogens (tertiary/aromatic N) is 1. The van der Waals surface area contributed by atoms with E-state index in [9.17, 15) is 9.90 Å². The van der Waals surface area contributed by atoms with E-state index in [2.05, 4.69) is 10.2 Å². The summed E-state index contributed by atoms with van der Waals surface area (Å²) in [4.78, 5) is 14.1. The Morgan fingerprint density at radius 2 is 2.10 bits per heavy atom. The number of hydrogen-bond donors (Lipinski definition) is 2. The molecule has 20 heavy (non-hydrogen) atoms. The molecule has 1 aliphatic rings. The molecule has 1 fully saturated rings. The van der Waals surface area contributed by atoms with Gasteiger partial charge in [0, 0.05) is 24.4 Å². The third-order valence-electron chi connectivity index (χ3n) is 3.38. The number of carbonyl (C=O) groups excluding carboxylic acids is 1. The Hall–Kier alpha value is -1.04. The monoisotopic (exact) mass is 294 g/mol. The van der Waals surface area contributed by atoms with Crippen molar-refractivity contribution >= 4 is 17.7 Å². The Bertz CT molecular complexity index is 453. The van der Waals surface area contributed by atoms with Crippen LogP contribution in [0.2, 0.25) is 0 Å². The third-order valence-corrected chi connectivity index (χ3v) is 4.61. The standard InChI is InChI=1S/C15H22N2O2S/c1-17(2)9-12-3-5-13(6-4-12)14(18)16-10-15(19)7-8-20-11-15/h3-6,19H,7-11H2,1-2H3,(H,16,18). The first-order valence-electron chi connectivity index (χ1n) is 6.80. The molecule has 1 aromatic carbocycles. The van der Waals surface area contributed by atoms with E-state index < -0.39 is 5.60 Å². The summed E-state index contributed by atoms with van der Waals surface area (Å²) in [5.41, 5.74) is 1.09. The Balaban J connectivity index is 1.89. The zero-order valence-corrected chi connectivity index (χ0v) is 12.9. The predicted molar refractivity (Wildman–Crippen MR) is 83.1 cm³/mol. The highest BCUT2D eigenvalue weighted by molar-refractivity contribution is 7.99. The van der Waals surface area contributed by atoms with Crippen molar-refractivity contribution in [2.45, 2.75) is 18.6 Å². The average Bonchev–Trinajstić information content (AvgIpc) is 2.84. The molecule has 0 bridgehead atoms. The molecule has 1 atom stereocenters. The smallest absolute Gasteiger partial charge is 0.251 e. The van der Waals surface area contributed by atoms with Crippen LogP contribution in [0.15, 0.2) is 24.3 Å². The maximum Gasteiger partial charge on any atom is 0.251 e. The number of rotatable bonds is 5. The van der Waals surface area contributed by atoms with Gasteiger partial charge in [0.15, 0.2) is 0 Å². The highest BCUT2D eigenvalue weighted by Crippen LogP contribution is 2.27. The summed E-state index contributed by atoms with van der Waals surface area (Å²) in [5, 5.41) is 13.0. The number of nitrogens with one attached hydrogen (secondary N) is 1. The normalized spacial score (nSPS) is 22.2. The molecule has 110 valence electrons. The van der Waals surface area contributed by atoms with Gasteiger partial charge >= 0.3 is 0 Å². The summed E-state index contributed by atoms with van der Waals surface area (Å²) in [6, 6.07) is 7.60. The largest absolute Gasteiger partial charge is 0.387 e. The van der Waals surface area contributed by atoms with E-state index in [4.69, 9.17) is 0 Å². The summed E-state index contributed by atoms with van der Waals surface area (Å²) >= 11 is 1.73. The molecule has 1 saturated heterocycles. The number of aliphatic hydroxyl groups is 1. The first kappa shape index (κ1) is 15.4. The van der Waals surface area contributed by atoms with E-state index >= 15 is 0 Å². The van der Waals surface area contributed by atoms with Crippen LogP contribution >= 0.6 is 11.8 Å². The highest BCUT2D eigenvalue weighted by atomic mass is 32.2. The number of hydrogen-bond acceptors (Lipinski definition) is 4. The van der Waals surface area contributed by atoms with Crippen molar-refractivity contribution in [3.63, 3.8) is 0 Å². The van der Waals surface area contributed by atoms with Gasteiger partial charge in [-0.25, -0.2) is 0 Å². The van der Waals surface area contributed by atoms with Gasteiger partial charge in [-0.1, -0.05) is 12.1 Å². The Morgan fingerprint density at radius 1 is 1.40 bits per heavy atom. The van der Waals surface area contributed by atoms with Gasteiger partial charge in [0.1, 0.15) is 0 Å². The van der Waals surface area contributed by atoms with E-state index in [0.717, 1.165) is 18.7 Å². The molecular formula is C15H22N2O2S. The van der Waals surface area contributed by atoms with Gasteiger partial charge in [0.05, 0.1) is 5.60 Å². The lowest BCUT2D eigenvalue weighted by atomic mass is 10.0. The van der Waals surface area contributed by atoms with Crippen LogP contribution in [0.5, 0.6) is 0 Å². The lowest BCUT2D eigenvalue weighted by Crippen LogP contribution is -2.42. The second-order valence-corrected chi connectivity index (χ2v) is 6.75. The lowest BCUT2D eigenvalue weighted by molar-refractivity contribution is 0.0612. The second kappa shape index (κ2) is 6.61. The van der Waals surface area contributed by atoms with Crippen LogP contribution in [0.1, 0.15) is 22.3 Å². The van der Waals surface area contributed by atoms with Gasteiger partial charge in [0.2, 0.25) is 0 Å². The first-order valence-corrected chi connectivity index (χ1v) is 7.96. The van der Waals surface area contributed by atoms with Crippen molar-refractivity contribution in [2.75, 3.05) is 32.1 Å². The Kier molecular flexibility index (Phi) is 5.07. The Morgan fingerprint density at radius 3 is 2.65 bits per heavy atom. The molecule has 0 saturated carbocycles. The van der Waals surface area contributed by atoms with Crippen molar-refractivity contribution in [3.8, 4) is 0 Å². The van der Waals surface area contributed by atoms with Crippen LogP contribution in [-0.4, -0.2) is 53.7 Å². The van der Waals surface area contributed by atoms with E-state index in [1.807, 2.05) is 38.4 Å². The molecule has 5 heteroatoms. The minimum atomic E-state index is -0.731. The number of amides is 1. The fourth-order valence-electron chi connectivity index (χ4n) is 2.21. The van der Waals surface area contributed by atoms with Crippen molar-refractivity contribution in [2.24, 2.45) is 0 Å². The summed E-state index contributed by atoms with van der Waals surface area (Å²) in [6.07, 6.45) is 0.750. The van der Waals surface area contributed by atoms with Crippen LogP contribution in [-0.2, 0) is 6.54 Å². The molecule has 0 aromatic heterocycles. The molecule has 1 heterocycles. The highest BCUT2D eigenvalue weighted by Gasteiger charge is 2.31. The average molecular weight is 294 g/mol. The lowest BCUT2D eigenvalue weighted by Gasteiger charge is -2.21. The minimum Gasteiger partial charge on any atom is -0.387 e. The van der Waals surface area contributed by atoms with Gasteiger partial charge in [-0.15, -0.1) is 0 Å². The molecule has 2 rings (SSSR count). The van der Waals surface area contributed by atoms with Crippen molar-refractivity contribution in [1.82, 2.24) is 10.2 Å². The zero-order valence-electron chi connectivity index (χ0n) is 12.1. The number of thioether (sulfide) groups is 1. The second-order valence-electron chi connectivity index (χ2n) is 5.64. The van der Waals surface area contributed by atoms with Crippen LogP contribution < -0.4 is 5.32 Å². The molecule has 4 nitrogen and oxygen atoms in total. The van der Waals surface area contributed by atoms with Gasteiger partial charge in [-0.05, 0) is 44.0 Å². The van der Waals surface area contributed by atoms with Gasteiger partial charge in [-0.3, -0.25) is 4.79 Å². The predicted octanol–water partition coefficient (Wildman–Crippen LogP) is 1.35. The topological polar surface area (TPSA) is 52.6 Å². The van der Waals surface area contributed by atoms with E-state index in [1.165, 1.54) is 5.56 Å². The SMILES string of the molecule is CN(C)Cc1ccc(C(=O)NCC2(O)CCSC2)cc1. The molecular weight excluding hydrogens is 272 g/mol. The van der Waals surface area contributed by atoms with Gasteiger partial charge in [-0.2, -0.15) is 11.8 Å². The van der Waals surface area contributed by atoms with Crippen molar-refractivity contribution in [1.29, 1.82) is 0 Å². The molecule has 0 radical (unpaired) electrons. The van der Waals surface area contributed by atoms with E-state index in [0.29, 0.717) is 17.9 Å². The number of benzene rings is 1. The van der Waals surface area contributed by atoms with Gasteiger partial charge in [0.25, 0.3) is 5.91 Å². The minimum absolute atomic E-state index is 0.119. The van der Waals surface area contributed by atoms with Crippen LogP contribution in [0.3, 0.4) is 0 Å². The van der Waals surface area contributed by atoms with E-state index in [1.54, 1.807) is 11.8 Å². The van der Waals surface area contributed by atoms with Crippen LogP contribution in [0.4, 0.5) is 0 Å². The molecule has 1 aliphatic heterocycles. The summed E-state index contributed by atoms with van der Waals surface area (Å²) < 4.78 is 0. The molecule has 1 unspecified atom stereocenters. The summed E-state index contributed by atoms with van der Waals surface area (Å²) in [5.74, 6) is 1.55.